The minimum absolute atomic E-state index is 0.0607. The summed E-state index contributed by atoms with van der Waals surface area (Å²) in [4.78, 5) is 14.3. The summed E-state index contributed by atoms with van der Waals surface area (Å²) in [5.41, 5.74) is 0. The fourth-order valence-electron chi connectivity index (χ4n) is 3.74. The Kier molecular flexibility index (Phi) is 5.64. The van der Waals surface area contributed by atoms with E-state index in [2.05, 4.69) is 10.2 Å². The molecule has 3 rings (SSSR count). The summed E-state index contributed by atoms with van der Waals surface area (Å²) in [5.74, 6) is 1.73. The molecule has 2 aliphatic rings. The smallest absolute Gasteiger partial charge is 0.281 e. The minimum Gasteiger partial charge on any atom is -0.332 e. The molecule has 26 heavy (non-hydrogen) atoms. The summed E-state index contributed by atoms with van der Waals surface area (Å²) >= 11 is 0. The van der Waals surface area contributed by atoms with Crippen LogP contribution in [0.2, 0.25) is 0 Å². The third-order valence-corrected chi connectivity index (χ3v) is 7.17. The van der Waals surface area contributed by atoms with Crippen LogP contribution in [-0.4, -0.2) is 76.3 Å². The second kappa shape index (κ2) is 7.61. The van der Waals surface area contributed by atoms with Crippen LogP contribution < -0.4 is 0 Å². The average molecular weight is 385 g/mol. The van der Waals surface area contributed by atoms with Crippen LogP contribution in [0.1, 0.15) is 50.3 Å². The Labute approximate surface area is 155 Å². The molecule has 10 heteroatoms. The van der Waals surface area contributed by atoms with Crippen LogP contribution in [0.15, 0.2) is 0 Å². The van der Waals surface area contributed by atoms with Crippen LogP contribution in [-0.2, 0) is 28.0 Å². The van der Waals surface area contributed by atoms with E-state index in [-0.39, 0.29) is 11.9 Å². The molecule has 1 unspecified atom stereocenters. The van der Waals surface area contributed by atoms with Crippen molar-refractivity contribution >= 4 is 16.1 Å². The van der Waals surface area contributed by atoms with Crippen LogP contribution in [0.3, 0.4) is 0 Å². The number of aromatic nitrogens is 3. The zero-order valence-electron chi connectivity index (χ0n) is 15.8. The lowest BCUT2D eigenvalue weighted by Gasteiger charge is -2.35. The van der Waals surface area contributed by atoms with Crippen LogP contribution in [0, 0.1) is 0 Å². The van der Waals surface area contributed by atoms with Gasteiger partial charge in [-0.15, -0.1) is 10.2 Å². The molecule has 0 saturated carbocycles. The minimum atomic E-state index is -3.44. The first-order valence-corrected chi connectivity index (χ1v) is 10.6. The predicted octanol–water partition coefficient (Wildman–Crippen LogP) is 0.406. The number of hydrogen-bond acceptors (Lipinski definition) is 5. The first-order valence-electron chi connectivity index (χ1n) is 9.25. The lowest BCUT2D eigenvalue weighted by Crippen LogP contribution is -2.42. The molecule has 1 aromatic heterocycles. The quantitative estimate of drug-likeness (QED) is 0.750. The second-order valence-electron chi connectivity index (χ2n) is 7.02. The summed E-state index contributed by atoms with van der Waals surface area (Å²) in [7, 11) is -0.357. The van der Waals surface area contributed by atoms with Crippen molar-refractivity contribution in [2.75, 3.05) is 33.7 Å². The summed E-state index contributed by atoms with van der Waals surface area (Å²) in [6.07, 6.45) is 3.95. The van der Waals surface area contributed by atoms with Gasteiger partial charge in [0.25, 0.3) is 10.2 Å². The molecule has 1 atom stereocenters. The molecule has 146 valence electrons. The SMILES string of the molecule is CCC(=O)N1CCCCC1c1nnc2n1CCN(S(=O)(=O)N(C)C)CC2. The fourth-order valence-corrected chi connectivity index (χ4v) is 4.83. The number of amides is 1. The summed E-state index contributed by atoms with van der Waals surface area (Å²) < 4.78 is 29.6. The van der Waals surface area contributed by atoms with Crippen molar-refractivity contribution in [1.82, 2.24) is 28.3 Å². The molecule has 0 aromatic carbocycles. The number of piperidine rings is 1. The molecule has 1 aromatic rings. The van der Waals surface area contributed by atoms with E-state index in [1.165, 1.54) is 8.61 Å². The molecule has 3 heterocycles. The van der Waals surface area contributed by atoms with E-state index in [1.807, 2.05) is 16.4 Å². The zero-order valence-corrected chi connectivity index (χ0v) is 16.6. The number of fused-ring (bicyclic) bond motifs is 1. The van der Waals surface area contributed by atoms with Crippen molar-refractivity contribution in [1.29, 1.82) is 0 Å². The monoisotopic (exact) mass is 384 g/mol. The molecular weight excluding hydrogens is 356 g/mol. The van der Waals surface area contributed by atoms with E-state index >= 15 is 0 Å². The summed E-state index contributed by atoms with van der Waals surface area (Å²) in [6.45, 7) is 3.91. The van der Waals surface area contributed by atoms with E-state index in [9.17, 15) is 13.2 Å². The maximum absolute atomic E-state index is 12.4. The van der Waals surface area contributed by atoms with Crippen molar-refractivity contribution in [3.05, 3.63) is 11.6 Å². The third-order valence-electron chi connectivity index (χ3n) is 5.23. The predicted molar refractivity (Wildman–Crippen MR) is 96.5 cm³/mol. The van der Waals surface area contributed by atoms with E-state index < -0.39 is 10.2 Å². The lowest BCUT2D eigenvalue weighted by molar-refractivity contribution is -0.135. The van der Waals surface area contributed by atoms with Gasteiger partial charge in [-0.25, -0.2) is 0 Å². The van der Waals surface area contributed by atoms with E-state index in [1.54, 1.807) is 14.1 Å². The maximum Gasteiger partial charge on any atom is 0.281 e. The normalized spacial score (nSPS) is 22.3. The molecule has 0 bridgehead atoms. The topological polar surface area (TPSA) is 91.6 Å². The van der Waals surface area contributed by atoms with Crippen LogP contribution in [0.4, 0.5) is 0 Å². The van der Waals surface area contributed by atoms with Gasteiger partial charge in [-0.3, -0.25) is 4.79 Å². The number of nitrogens with zero attached hydrogens (tertiary/aromatic N) is 6. The van der Waals surface area contributed by atoms with Crippen LogP contribution >= 0.6 is 0 Å². The Morgan fingerprint density at radius 1 is 1.15 bits per heavy atom. The Morgan fingerprint density at radius 3 is 2.62 bits per heavy atom. The number of rotatable bonds is 4. The van der Waals surface area contributed by atoms with E-state index in [4.69, 9.17) is 0 Å². The van der Waals surface area contributed by atoms with E-state index in [0.29, 0.717) is 32.5 Å². The van der Waals surface area contributed by atoms with Crippen molar-refractivity contribution in [2.24, 2.45) is 0 Å². The van der Waals surface area contributed by atoms with Gasteiger partial charge in [-0.05, 0) is 19.3 Å². The van der Waals surface area contributed by atoms with Gasteiger partial charge in [0.05, 0.1) is 6.04 Å². The number of carbonyl (C=O) groups is 1. The van der Waals surface area contributed by atoms with Crippen molar-refractivity contribution in [2.45, 2.75) is 51.6 Å². The molecule has 1 saturated heterocycles. The van der Waals surface area contributed by atoms with Crippen LogP contribution in [0.5, 0.6) is 0 Å². The Balaban J connectivity index is 1.85. The maximum atomic E-state index is 12.4. The van der Waals surface area contributed by atoms with Crippen molar-refractivity contribution in [3.63, 3.8) is 0 Å². The highest BCUT2D eigenvalue weighted by Gasteiger charge is 2.34. The van der Waals surface area contributed by atoms with Crippen molar-refractivity contribution in [3.8, 4) is 0 Å². The molecule has 0 radical (unpaired) electrons. The summed E-state index contributed by atoms with van der Waals surface area (Å²) in [5, 5.41) is 8.71. The molecule has 0 spiro atoms. The molecule has 9 nitrogen and oxygen atoms in total. The van der Waals surface area contributed by atoms with Gasteiger partial charge < -0.3 is 9.47 Å². The van der Waals surface area contributed by atoms with Crippen LogP contribution in [0.25, 0.3) is 0 Å². The Morgan fingerprint density at radius 2 is 1.92 bits per heavy atom. The Hall–Kier alpha value is -1.52. The van der Waals surface area contributed by atoms with Gasteiger partial charge in [0.15, 0.2) is 5.82 Å². The van der Waals surface area contributed by atoms with Gasteiger partial charge in [-0.2, -0.15) is 17.0 Å². The highest BCUT2D eigenvalue weighted by molar-refractivity contribution is 7.86. The molecule has 0 N–H and O–H groups in total. The Bertz CT molecular complexity index is 760. The molecule has 1 amide bonds. The molecule has 0 aliphatic carbocycles. The summed E-state index contributed by atoms with van der Waals surface area (Å²) in [6, 6.07) is -0.0607. The highest BCUT2D eigenvalue weighted by Crippen LogP contribution is 2.31. The van der Waals surface area contributed by atoms with Gasteiger partial charge in [-0.1, -0.05) is 6.92 Å². The highest BCUT2D eigenvalue weighted by atomic mass is 32.2. The molecule has 2 aliphatic heterocycles. The van der Waals surface area contributed by atoms with Gasteiger partial charge >= 0.3 is 0 Å². The standard InChI is InChI=1S/C16H28N6O3S/c1-4-15(23)21-9-6-5-7-13(21)16-18-17-14-8-10-20(11-12-22(14)16)26(24,25)19(2)3/h13H,4-12H2,1-3H3. The van der Waals surface area contributed by atoms with E-state index in [0.717, 1.165) is 37.5 Å². The number of hydrogen-bond donors (Lipinski definition) is 0. The van der Waals surface area contributed by atoms with Crippen molar-refractivity contribution < 1.29 is 13.2 Å². The van der Waals surface area contributed by atoms with Gasteiger partial charge in [0.1, 0.15) is 5.82 Å². The largest absolute Gasteiger partial charge is 0.332 e. The number of carbonyl (C=O) groups excluding carboxylic acids is 1. The third kappa shape index (κ3) is 3.49. The average Bonchev–Trinajstić information content (AvgIpc) is 2.91. The lowest BCUT2D eigenvalue weighted by atomic mass is 10.0. The van der Waals surface area contributed by atoms with Gasteiger partial charge in [0, 0.05) is 53.1 Å². The molecule has 1 fully saturated rings. The number of likely N-dealkylation sites (tertiary alicyclic amines) is 1. The second-order valence-corrected chi connectivity index (χ2v) is 9.16. The first kappa shape index (κ1) is 19.2. The first-order chi connectivity index (χ1) is 12.4. The molecular formula is C16H28N6O3S. The fraction of sp³-hybridized carbons (Fsp3) is 0.812. The zero-order chi connectivity index (χ0) is 18.9. The van der Waals surface area contributed by atoms with Gasteiger partial charge in [0.2, 0.25) is 5.91 Å².